The first kappa shape index (κ1) is 13.8. The molecule has 0 aliphatic heterocycles. The average molecular weight is 280 g/mol. The van der Waals surface area contributed by atoms with Crippen molar-refractivity contribution in [2.45, 2.75) is 19.5 Å². The normalized spacial score (nSPS) is 12.4. The highest BCUT2D eigenvalue weighted by atomic mass is 35.5. The van der Waals surface area contributed by atoms with Crippen molar-refractivity contribution in [2.24, 2.45) is 0 Å². The summed E-state index contributed by atoms with van der Waals surface area (Å²) in [5.41, 5.74) is 1.90. The van der Waals surface area contributed by atoms with Gasteiger partial charge < -0.3 is 10.4 Å². The van der Waals surface area contributed by atoms with Crippen LogP contribution >= 0.6 is 11.6 Å². The van der Waals surface area contributed by atoms with Crippen molar-refractivity contribution in [3.05, 3.63) is 64.4 Å². The number of benzene rings is 2. The van der Waals surface area contributed by atoms with E-state index in [-0.39, 0.29) is 16.8 Å². The number of halogens is 2. The predicted molar refractivity (Wildman–Crippen MR) is 74.8 cm³/mol. The number of hydrogen-bond acceptors (Lipinski definition) is 2. The minimum absolute atomic E-state index is 0.0144. The van der Waals surface area contributed by atoms with E-state index in [1.165, 1.54) is 6.07 Å². The lowest BCUT2D eigenvalue weighted by Crippen LogP contribution is -2.18. The summed E-state index contributed by atoms with van der Waals surface area (Å²) in [5, 5.41) is 12.6. The zero-order valence-corrected chi connectivity index (χ0v) is 11.3. The largest absolute Gasteiger partial charge is 0.508 e. The molecule has 0 aliphatic carbocycles. The molecule has 0 amide bonds. The van der Waals surface area contributed by atoms with E-state index in [2.05, 4.69) is 5.32 Å². The molecular weight excluding hydrogens is 265 g/mol. The molecule has 0 saturated heterocycles. The van der Waals surface area contributed by atoms with Gasteiger partial charge in [0.2, 0.25) is 0 Å². The van der Waals surface area contributed by atoms with Crippen molar-refractivity contribution in [2.75, 3.05) is 0 Å². The summed E-state index contributed by atoms with van der Waals surface area (Å²) in [5.74, 6) is -0.158. The molecule has 0 aliphatic rings. The smallest absolute Gasteiger partial charge is 0.142 e. The van der Waals surface area contributed by atoms with Crippen LogP contribution in [0.3, 0.4) is 0 Å². The molecule has 0 heterocycles. The summed E-state index contributed by atoms with van der Waals surface area (Å²) >= 11 is 5.65. The standard InChI is InChI=1S/C15H15ClFNO/c1-10(12-4-7-14(16)15(17)8-12)18-9-11-2-5-13(19)6-3-11/h2-8,10,18-19H,9H2,1H3. The van der Waals surface area contributed by atoms with E-state index in [0.717, 1.165) is 11.1 Å². The first-order valence-electron chi connectivity index (χ1n) is 6.02. The summed E-state index contributed by atoms with van der Waals surface area (Å²) in [6.45, 7) is 2.61. The van der Waals surface area contributed by atoms with Crippen molar-refractivity contribution in [3.63, 3.8) is 0 Å². The van der Waals surface area contributed by atoms with Gasteiger partial charge in [0, 0.05) is 12.6 Å². The number of rotatable bonds is 4. The number of aromatic hydroxyl groups is 1. The van der Waals surface area contributed by atoms with E-state index in [1.54, 1.807) is 24.3 Å². The van der Waals surface area contributed by atoms with Gasteiger partial charge in [-0.1, -0.05) is 29.8 Å². The van der Waals surface area contributed by atoms with Crippen LogP contribution in [0.1, 0.15) is 24.1 Å². The molecule has 4 heteroatoms. The van der Waals surface area contributed by atoms with Crippen LogP contribution in [0, 0.1) is 5.82 Å². The molecule has 2 nitrogen and oxygen atoms in total. The van der Waals surface area contributed by atoms with Crippen molar-refractivity contribution in [1.82, 2.24) is 5.32 Å². The minimum Gasteiger partial charge on any atom is -0.508 e. The van der Waals surface area contributed by atoms with Gasteiger partial charge in [-0.15, -0.1) is 0 Å². The molecule has 2 aromatic rings. The maximum atomic E-state index is 13.4. The molecule has 2 rings (SSSR count). The molecule has 0 aromatic heterocycles. The summed E-state index contributed by atoms with van der Waals surface area (Å²) in [6, 6.07) is 11.8. The molecule has 2 N–H and O–H groups in total. The molecule has 1 atom stereocenters. The van der Waals surface area contributed by atoms with Crippen LogP contribution in [-0.4, -0.2) is 5.11 Å². The molecule has 0 saturated carbocycles. The maximum Gasteiger partial charge on any atom is 0.142 e. The number of hydrogen-bond donors (Lipinski definition) is 2. The fourth-order valence-electron chi connectivity index (χ4n) is 1.78. The van der Waals surface area contributed by atoms with Crippen LogP contribution in [-0.2, 0) is 6.54 Å². The van der Waals surface area contributed by atoms with Gasteiger partial charge >= 0.3 is 0 Å². The van der Waals surface area contributed by atoms with E-state index in [4.69, 9.17) is 11.6 Å². The predicted octanol–water partition coefficient (Wildman–Crippen LogP) is 4.04. The summed E-state index contributed by atoms with van der Waals surface area (Å²) in [6.07, 6.45) is 0. The van der Waals surface area contributed by atoms with Crippen LogP contribution in [0.4, 0.5) is 4.39 Å². The van der Waals surface area contributed by atoms with Gasteiger partial charge in [-0.25, -0.2) is 4.39 Å². The van der Waals surface area contributed by atoms with Crippen LogP contribution < -0.4 is 5.32 Å². The van der Waals surface area contributed by atoms with Gasteiger partial charge in [-0.05, 0) is 42.3 Å². The molecule has 0 spiro atoms. The lowest BCUT2D eigenvalue weighted by Gasteiger charge is -2.14. The van der Waals surface area contributed by atoms with Crippen LogP contribution in [0.5, 0.6) is 5.75 Å². The van der Waals surface area contributed by atoms with Gasteiger partial charge in [0.1, 0.15) is 11.6 Å². The third-order valence-electron chi connectivity index (χ3n) is 2.99. The summed E-state index contributed by atoms with van der Waals surface area (Å²) < 4.78 is 13.4. The van der Waals surface area contributed by atoms with Crippen molar-refractivity contribution >= 4 is 11.6 Å². The monoisotopic (exact) mass is 279 g/mol. The highest BCUT2D eigenvalue weighted by Crippen LogP contribution is 2.20. The Kier molecular flexibility index (Phi) is 4.40. The Labute approximate surface area is 116 Å². The third kappa shape index (κ3) is 3.69. The van der Waals surface area contributed by atoms with E-state index in [0.29, 0.717) is 6.54 Å². The van der Waals surface area contributed by atoms with Gasteiger partial charge in [-0.2, -0.15) is 0 Å². The quantitative estimate of drug-likeness (QED) is 0.885. The number of nitrogens with one attached hydrogen (secondary N) is 1. The molecule has 2 aromatic carbocycles. The van der Waals surface area contributed by atoms with Gasteiger partial charge in [-0.3, -0.25) is 0 Å². The second-order valence-electron chi connectivity index (χ2n) is 4.44. The highest BCUT2D eigenvalue weighted by molar-refractivity contribution is 6.30. The molecule has 1 unspecified atom stereocenters. The number of phenols is 1. The lowest BCUT2D eigenvalue weighted by atomic mass is 10.1. The topological polar surface area (TPSA) is 32.3 Å². The second-order valence-corrected chi connectivity index (χ2v) is 4.85. The summed E-state index contributed by atoms with van der Waals surface area (Å²) in [7, 11) is 0. The van der Waals surface area contributed by atoms with Crippen molar-refractivity contribution in [1.29, 1.82) is 0 Å². The first-order chi connectivity index (χ1) is 9.06. The van der Waals surface area contributed by atoms with E-state index >= 15 is 0 Å². The maximum absolute atomic E-state index is 13.4. The molecule has 19 heavy (non-hydrogen) atoms. The fraction of sp³-hybridized carbons (Fsp3) is 0.200. The van der Waals surface area contributed by atoms with Crippen LogP contribution in [0.25, 0.3) is 0 Å². The third-order valence-corrected chi connectivity index (χ3v) is 3.30. The first-order valence-corrected chi connectivity index (χ1v) is 6.40. The zero-order valence-electron chi connectivity index (χ0n) is 10.5. The Morgan fingerprint density at radius 1 is 1.21 bits per heavy atom. The Morgan fingerprint density at radius 2 is 1.89 bits per heavy atom. The van der Waals surface area contributed by atoms with Crippen molar-refractivity contribution < 1.29 is 9.50 Å². The van der Waals surface area contributed by atoms with Gasteiger partial charge in [0.15, 0.2) is 0 Å². The fourth-order valence-corrected chi connectivity index (χ4v) is 1.90. The minimum atomic E-state index is -0.405. The average Bonchev–Trinajstić information content (AvgIpc) is 2.41. The Hall–Kier alpha value is -1.58. The van der Waals surface area contributed by atoms with E-state index in [9.17, 15) is 9.50 Å². The Balaban J connectivity index is 1.98. The van der Waals surface area contributed by atoms with E-state index < -0.39 is 5.82 Å². The second kappa shape index (κ2) is 6.04. The van der Waals surface area contributed by atoms with Gasteiger partial charge in [0.25, 0.3) is 0 Å². The molecular formula is C15H15ClFNO. The Bertz CT molecular complexity index is 557. The van der Waals surface area contributed by atoms with Crippen LogP contribution in [0.2, 0.25) is 5.02 Å². The van der Waals surface area contributed by atoms with Crippen LogP contribution in [0.15, 0.2) is 42.5 Å². The molecule has 100 valence electrons. The molecule has 0 radical (unpaired) electrons. The SMILES string of the molecule is CC(NCc1ccc(O)cc1)c1ccc(Cl)c(F)c1. The molecule has 0 fully saturated rings. The summed E-state index contributed by atoms with van der Waals surface area (Å²) in [4.78, 5) is 0. The van der Waals surface area contributed by atoms with E-state index in [1.807, 2.05) is 19.1 Å². The van der Waals surface area contributed by atoms with Crippen molar-refractivity contribution in [3.8, 4) is 5.75 Å². The lowest BCUT2D eigenvalue weighted by molar-refractivity contribution is 0.474. The van der Waals surface area contributed by atoms with Gasteiger partial charge in [0.05, 0.1) is 5.02 Å². The highest BCUT2D eigenvalue weighted by Gasteiger charge is 2.08. The molecule has 0 bridgehead atoms. The Morgan fingerprint density at radius 3 is 2.53 bits per heavy atom. The number of phenolic OH excluding ortho intramolecular Hbond substituents is 1. The zero-order chi connectivity index (χ0) is 13.8.